The highest BCUT2D eigenvalue weighted by atomic mass is 79.9. The highest BCUT2D eigenvalue weighted by Gasteiger charge is 2.11. The first-order valence-electron chi connectivity index (χ1n) is 6.79. The molecule has 0 aliphatic rings. The summed E-state index contributed by atoms with van der Waals surface area (Å²) in [5.74, 6) is 0.599. The Bertz CT molecular complexity index is 758. The van der Waals surface area contributed by atoms with E-state index >= 15 is 0 Å². The SMILES string of the molecule is C=CCc1cc(C=O)cc(Br)c1OCc1cccc([N+](=O)[O-])c1. The van der Waals surface area contributed by atoms with E-state index in [1.54, 1.807) is 30.3 Å². The molecule has 0 aliphatic carbocycles. The number of non-ortho nitro benzene ring substituents is 1. The minimum absolute atomic E-state index is 0.0211. The van der Waals surface area contributed by atoms with Crippen molar-refractivity contribution in [2.24, 2.45) is 0 Å². The zero-order chi connectivity index (χ0) is 16.8. The lowest BCUT2D eigenvalue weighted by Gasteiger charge is -2.13. The molecule has 2 aromatic rings. The first-order chi connectivity index (χ1) is 11.0. The summed E-state index contributed by atoms with van der Waals surface area (Å²) in [6.07, 6.45) is 3.03. The van der Waals surface area contributed by atoms with Gasteiger partial charge in [0.15, 0.2) is 0 Å². The van der Waals surface area contributed by atoms with E-state index in [1.807, 2.05) is 0 Å². The Balaban J connectivity index is 2.26. The molecule has 0 N–H and O–H groups in total. The largest absolute Gasteiger partial charge is 0.487 e. The van der Waals surface area contributed by atoms with Crippen LogP contribution in [0.1, 0.15) is 21.5 Å². The standard InChI is InChI=1S/C17H14BrNO4/c1-2-4-14-7-13(10-20)9-16(18)17(14)23-11-12-5-3-6-15(8-12)19(21)22/h2-3,5-10H,1,4,11H2. The van der Waals surface area contributed by atoms with Gasteiger partial charge in [0.2, 0.25) is 0 Å². The lowest BCUT2D eigenvalue weighted by Crippen LogP contribution is -2.01. The van der Waals surface area contributed by atoms with Gasteiger partial charge in [-0.15, -0.1) is 6.58 Å². The number of nitro groups is 1. The van der Waals surface area contributed by atoms with Gasteiger partial charge in [0, 0.05) is 17.7 Å². The van der Waals surface area contributed by atoms with Crippen molar-refractivity contribution in [2.75, 3.05) is 0 Å². The average molecular weight is 376 g/mol. The first-order valence-corrected chi connectivity index (χ1v) is 7.59. The van der Waals surface area contributed by atoms with E-state index in [0.29, 0.717) is 27.8 Å². The number of benzene rings is 2. The van der Waals surface area contributed by atoms with Crippen molar-refractivity contribution in [1.29, 1.82) is 0 Å². The quantitative estimate of drug-likeness (QED) is 0.309. The second-order valence-electron chi connectivity index (χ2n) is 4.82. The number of hydrogen-bond acceptors (Lipinski definition) is 4. The van der Waals surface area contributed by atoms with Gasteiger partial charge in [-0.3, -0.25) is 14.9 Å². The number of ether oxygens (including phenoxy) is 1. The van der Waals surface area contributed by atoms with Crippen molar-refractivity contribution >= 4 is 27.9 Å². The zero-order valence-electron chi connectivity index (χ0n) is 12.2. The van der Waals surface area contributed by atoms with Crippen molar-refractivity contribution in [1.82, 2.24) is 0 Å². The number of hydrogen-bond donors (Lipinski definition) is 0. The molecular formula is C17H14BrNO4. The van der Waals surface area contributed by atoms with Gasteiger partial charge < -0.3 is 4.74 Å². The normalized spacial score (nSPS) is 10.1. The van der Waals surface area contributed by atoms with Crippen LogP contribution in [-0.2, 0) is 13.0 Å². The summed E-state index contributed by atoms with van der Waals surface area (Å²) < 4.78 is 6.46. The Kier molecular flexibility index (Phi) is 5.65. The number of halogens is 1. The summed E-state index contributed by atoms with van der Waals surface area (Å²) in [7, 11) is 0. The van der Waals surface area contributed by atoms with Crippen molar-refractivity contribution in [3.05, 3.63) is 80.3 Å². The number of allylic oxidation sites excluding steroid dienone is 1. The molecule has 0 radical (unpaired) electrons. The molecule has 5 nitrogen and oxygen atoms in total. The second-order valence-corrected chi connectivity index (χ2v) is 5.67. The molecule has 0 aromatic heterocycles. The van der Waals surface area contributed by atoms with E-state index in [-0.39, 0.29) is 12.3 Å². The Labute approximate surface area is 141 Å². The third kappa shape index (κ3) is 4.26. The molecule has 118 valence electrons. The van der Waals surface area contributed by atoms with Crippen LogP contribution in [0.5, 0.6) is 5.75 Å². The average Bonchev–Trinajstić information content (AvgIpc) is 2.54. The van der Waals surface area contributed by atoms with Crippen LogP contribution in [0.3, 0.4) is 0 Å². The van der Waals surface area contributed by atoms with Gasteiger partial charge in [-0.25, -0.2) is 0 Å². The van der Waals surface area contributed by atoms with E-state index in [1.165, 1.54) is 12.1 Å². The molecule has 6 heteroatoms. The maximum absolute atomic E-state index is 11.0. The van der Waals surface area contributed by atoms with Crippen LogP contribution in [-0.4, -0.2) is 11.2 Å². The summed E-state index contributed by atoms with van der Waals surface area (Å²) in [6, 6.07) is 9.69. The van der Waals surface area contributed by atoms with Gasteiger partial charge in [0.05, 0.1) is 9.40 Å². The number of carbonyl (C=O) groups excluding carboxylic acids is 1. The Morgan fingerprint density at radius 3 is 2.74 bits per heavy atom. The van der Waals surface area contributed by atoms with Crippen LogP contribution in [0.2, 0.25) is 0 Å². The highest BCUT2D eigenvalue weighted by Crippen LogP contribution is 2.32. The summed E-state index contributed by atoms with van der Waals surface area (Å²) in [5.41, 5.74) is 2.07. The van der Waals surface area contributed by atoms with Crippen LogP contribution in [0, 0.1) is 10.1 Å². The molecule has 0 bridgehead atoms. The smallest absolute Gasteiger partial charge is 0.269 e. The Morgan fingerprint density at radius 2 is 2.09 bits per heavy atom. The fraction of sp³-hybridized carbons (Fsp3) is 0.118. The molecule has 0 spiro atoms. The highest BCUT2D eigenvalue weighted by molar-refractivity contribution is 9.10. The molecular weight excluding hydrogens is 362 g/mol. The van der Waals surface area contributed by atoms with Gasteiger partial charge >= 0.3 is 0 Å². The van der Waals surface area contributed by atoms with E-state index in [9.17, 15) is 14.9 Å². The molecule has 0 fully saturated rings. The van der Waals surface area contributed by atoms with Crippen LogP contribution in [0.25, 0.3) is 0 Å². The molecule has 0 aliphatic heterocycles. The van der Waals surface area contributed by atoms with Gasteiger partial charge in [0.1, 0.15) is 18.6 Å². The van der Waals surface area contributed by atoms with E-state index in [0.717, 1.165) is 11.8 Å². The van der Waals surface area contributed by atoms with Crippen LogP contribution in [0.15, 0.2) is 53.5 Å². The molecule has 0 heterocycles. The van der Waals surface area contributed by atoms with E-state index < -0.39 is 4.92 Å². The predicted octanol–water partition coefficient (Wildman–Crippen LogP) is 4.48. The summed E-state index contributed by atoms with van der Waals surface area (Å²) in [6.45, 7) is 3.88. The number of nitro benzene ring substituents is 1. The lowest BCUT2D eigenvalue weighted by atomic mass is 10.1. The molecule has 23 heavy (non-hydrogen) atoms. The maximum atomic E-state index is 11.0. The lowest BCUT2D eigenvalue weighted by molar-refractivity contribution is -0.384. The summed E-state index contributed by atoms with van der Waals surface area (Å²) in [4.78, 5) is 21.3. The molecule has 0 saturated heterocycles. The van der Waals surface area contributed by atoms with Crippen LogP contribution in [0.4, 0.5) is 5.69 Å². The minimum Gasteiger partial charge on any atom is -0.487 e. The van der Waals surface area contributed by atoms with Gasteiger partial charge in [0.25, 0.3) is 5.69 Å². The maximum Gasteiger partial charge on any atom is 0.269 e. The van der Waals surface area contributed by atoms with Crippen LogP contribution < -0.4 is 4.74 Å². The number of carbonyl (C=O) groups is 1. The molecule has 2 aromatic carbocycles. The molecule has 0 amide bonds. The van der Waals surface area contributed by atoms with Crippen LogP contribution >= 0.6 is 15.9 Å². The van der Waals surface area contributed by atoms with E-state index in [4.69, 9.17) is 4.74 Å². The van der Waals surface area contributed by atoms with Gasteiger partial charge in [-0.2, -0.15) is 0 Å². The minimum atomic E-state index is -0.443. The molecule has 0 saturated carbocycles. The zero-order valence-corrected chi connectivity index (χ0v) is 13.8. The number of nitrogens with zero attached hydrogens (tertiary/aromatic N) is 1. The predicted molar refractivity (Wildman–Crippen MR) is 90.9 cm³/mol. The molecule has 2 rings (SSSR count). The summed E-state index contributed by atoms with van der Waals surface area (Å²) in [5, 5.41) is 10.8. The summed E-state index contributed by atoms with van der Waals surface area (Å²) >= 11 is 3.39. The first kappa shape index (κ1) is 16.9. The van der Waals surface area contributed by atoms with E-state index in [2.05, 4.69) is 22.5 Å². The van der Waals surface area contributed by atoms with Crippen molar-refractivity contribution < 1.29 is 14.5 Å². The van der Waals surface area contributed by atoms with Crippen molar-refractivity contribution in [3.8, 4) is 5.75 Å². The molecule has 0 unspecified atom stereocenters. The number of rotatable bonds is 7. The Hall–Kier alpha value is -2.47. The second kappa shape index (κ2) is 7.69. The monoisotopic (exact) mass is 375 g/mol. The third-order valence-corrected chi connectivity index (χ3v) is 3.74. The fourth-order valence-electron chi connectivity index (χ4n) is 2.13. The van der Waals surface area contributed by atoms with Gasteiger partial charge in [-0.1, -0.05) is 18.2 Å². The third-order valence-electron chi connectivity index (χ3n) is 3.15. The van der Waals surface area contributed by atoms with Crippen molar-refractivity contribution in [3.63, 3.8) is 0 Å². The fourth-order valence-corrected chi connectivity index (χ4v) is 2.76. The Morgan fingerprint density at radius 1 is 1.30 bits per heavy atom. The number of aldehydes is 1. The molecule has 0 atom stereocenters. The topological polar surface area (TPSA) is 69.4 Å². The van der Waals surface area contributed by atoms with Crippen molar-refractivity contribution in [2.45, 2.75) is 13.0 Å². The van der Waals surface area contributed by atoms with Gasteiger partial charge in [-0.05, 0) is 45.6 Å².